The predicted molar refractivity (Wildman–Crippen MR) is 63.6 cm³/mol. The number of hydrogen-bond acceptors (Lipinski definition) is 2. The molecule has 3 heteroatoms. The minimum absolute atomic E-state index is 0.434. The van der Waals surface area contributed by atoms with E-state index >= 15 is 0 Å². The maximum absolute atomic E-state index is 3.92. The van der Waals surface area contributed by atoms with Gasteiger partial charge in [0.05, 0.1) is 0 Å². The van der Waals surface area contributed by atoms with Crippen LogP contribution >= 0.6 is 0 Å². The van der Waals surface area contributed by atoms with E-state index in [4.69, 9.17) is 0 Å². The molecule has 0 spiro atoms. The Morgan fingerprint density at radius 3 is 2.73 bits per heavy atom. The predicted octanol–water partition coefficient (Wildman–Crippen LogP) is 2.71. The molecule has 86 valence electrons. The molecule has 0 bridgehead atoms. The number of rotatable bonds is 5. The third kappa shape index (κ3) is 5.57. The van der Waals surface area contributed by atoms with Gasteiger partial charge in [0.25, 0.3) is 0 Å². The number of aromatic amines is 1. The van der Waals surface area contributed by atoms with E-state index in [2.05, 4.69) is 43.2 Å². The molecule has 0 aromatic carbocycles. The fraction of sp³-hybridized carbons (Fsp3) is 0.750. The first-order valence-corrected chi connectivity index (χ1v) is 5.69. The van der Waals surface area contributed by atoms with Gasteiger partial charge >= 0.3 is 0 Å². The lowest BCUT2D eigenvalue weighted by Crippen LogP contribution is -2.26. The molecule has 2 N–H and O–H groups in total. The lowest BCUT2D eigenvalue weighted by Gasteiger charge is -2.21. The third-order valence-electron chi connectivity index (χ3n) is 2.53. The fourth-order valence-electron chi connectivity index (χ4n) is 1.42. The van der Waals surface area contributed by atoms with E-state index in [1.54, 1.807) is 6.20 Å². The van der Waals surface area contributed by atoms with Gasteiger partial charge in [0.2, 0.25) is 0 Å². The first-order chi connectivity index (χ1) is 6.97. The maximum Gasteiger partial charge on any atom is 0.0490 e. The van der Waals surface area contributed by atoms with Gasteiger partial charge < -0.3 is 5.32 Å². The molecule has 0 amide bonds. The maximum atomic E-state index is 3.92. The zero-order valence-electron chi connectivity index (χ0n) is 10.3. The van der Waals surface area contributed by atoms with Crippen LogP contribution in [0.2, 0.25) is 0 Å². The van der Waals surface area contributed by atoms with Crippen LogP contribution in [0.15, 0.2) is 12.3 Å². The highest BCUT2D eigenvalue weighted by molar-refractivity contribution is 4.96. The molecule has 0 saturated heterocycles. The molecule has 0 fully saturated rings. The Kier molecular flexibility index (Phi) is 4.33. The molecule has 1 aromatic heterocycles. The Bertz CT molecular complexity index is 259. The Labute approximate surface area is 92.7 Å². The highest BCUT2D eigenvalue weighted by Gasteiger charge is 2.12. The number of H-pyrrole nitrogens is 1. The first-order valence-electron chi connectivity index (χ1n) is 5.69. The number of hydrogen-bond donors (Lipinski definition) is 2. The van der Waals surface area contributed by atoms with Gasteiger partial charge in [-0.15, -0.1) is 0 Å². The zero-order valence-corrected chi connectivity index (χ0v) is 10.3. The van der Waals surface area contributed by atoms with Gasteiger partial charge in [-0.25, -0.2) is 0 Å². The largest absolute Gasteiger partial charge is 0.309 e. The minimum Gasteiger partial charge on any atom is -0.309 e. The van der Waals surface area contributed by atoms with Gasteiger partial charge in [-0.2, -0.15) is 5.10 Å². The normalized spacial score (nSPS) is 14.1. The summed E-state index contributed by atoms with van der Waals surface area (Å²) in [4.78, 5) is 0. The Morgan fingerprint density at radius 1 is 1.47 bits per heavy atom. The quantitative estimate of drug-likeness (QED) is 0.783. The van der Waals surface area contributed by atoms with Crippen molar-refractivity contribution in [2.75, 3.05) is 0 Å². The molecule has 1 aromatic rings. The van der Waals surface area contributed by atoms with Gasteiger partial charge in [-0.1, -0.05) is 20.8 Å². The van der Waals surface area contributed by atoms with E-state index in [0.717, 1.165) is 12.2 Å². The molecule has 15 heavy (non-hydrogen) atoms. The standard InChI is InChI=1S/C12H23N3/c1-10(5-7-12(2,3)4)13-9-11-6-8-14-15-11/h6,8,10,13H,5,7,9H2,1-4H3,(H,14,15). The van der Waals surface area contributed by atoms with Crippen molar-refractivity contribution in [2.45, 2.75) is 53.1 Å². The van der Waals surface area contributed by atoms with E-state index in [1.165, 1.54) is 12.8 Å². The van der Waals surface area contributed by atoms with E-state index in [-0.39, 0.29) is 0 Å². The molecular weight excluding hydrogens is 186 g/mol. The van der Waals surface area contributed by atoms with Gasteiger partial charge in [-0.05, 0) is 31.2 Å². The second kappa shape index (κ2) is 5.31. The highest BCUT2D eigenvalue weighted by Crippen LogP contribution is 2.21. The topological polar surface area (TPSA) is 40.7 Å². The fourth-order valence-corrected chi connectivity index (χ4v) is 1.42. The summed E-state index contributed by atoms with van der Waals surface area (Å²) in [6.45, 7) is 9.98. The first kappa shape index (κ1) is 12.2. The molecule has 1 heterocycles. The van der Waals surface area contributed by atoms with Crippen LogP contribution in [-0.2, 0) is 6.54 Å². The van der Waals surface area contributed by atoms with Crippen LogP contribution in [0.1, 0.15) is 46.2 Å². The molecule has 1 unspecified atom stereocenters. The van der Waals surface area contributed by atoms with Crippen molar-refractivity contribution >= 4 is 0 Å². The summed E-state index contributed by atoms with van der Waals surface area (Å²) < 4.78 is 0. The van der Waals surface area contributed by atoms with Crippen molar-refractivity contribution in [3.63, 3.8) is 0 Å². The average Bonchev–Trinajstić information content (AvgIpc) is 2.62. The Morgan fingerprint density at radius 2 is 2.20 bits per heavy atom. The molecule has 3 nitrogen and oxygen atoms in total. The monoisotopic (exact) mass is 209 g/mol. The summed E-state index contributed by atoms with van der Waals surface area (Å²) in [5.41, 5.74) is 1.59. The molecule has 1 rings (SSSR count). The summed E-state index contributed by atoms with van der Waals surface area (Å²) >= 11 is 0. The van der Waals surface area contributed by atoms with Crippen LogP contribution < -0.4 is 5.32 Å². The molecule has 0 saturated carbocycles. The summed E-state index contributed by atoms with van der Waals surface area (Å²) in [5.74, 6) is 0. The zero-order chi connectivity index (χ0) is 11.3. The third-order valence-corrected chi connectivity index (χ3v) is 2.53. The van der Waals surface area contributed by atoms with Crippen molar-refractivity contribution in [2.24, 2.45) is 5.41 Å². The van der Waals surface area contributed by atoms with Crippen molar-refractivity contribution in [1.29, 1.82) is 0 Å². The minimum atomic E-state index is 0.434. The van der Waals surface area contributed by atoms with Crippen LogP contribution in [0, 0.1) is 5.41 Å². The van der Waals surface area contributed by atoms with Gasteiger partial charge in [0.1, 0.15) is 0 Å². The summed E-state index contributed by atoms with van der Waals surface area (Å²) in [5, 5.41) is 10.4. The average molecular weight is 209 g/mol. The van der Waals surface area contributed by atoms with Crippen molar-refractivity contribution in [3.8, 4) is 0 Å². The van der Waals surface area contributed by atoms with Crippen molar-refractivity contribution < 1.29 is 0 Å². The van der Waals surface area contributed by atoms with Crippen LogP contribution in [0.3, 0.4) is 0 Å². The Hall–Kier alpha value is -0.830. The van der Waals surface area contributed by atoms with Crippen LogP contribution in [0.4, 0.5) is 0 Å². The highest BCUT2D eigenvalue weighted by atomic mass is 15.1. The molecule has 0 aliphatic rings. The van der Waals surface area contributed by atoms with Gasteiger partial charge in [-0.3, -0.25) is 5.10 Å². The lowest BCUT2D eigenvalue weighted by molar-refractivity contribution is 0.336. The van der Waals surface area contributed by atoms with E-state index in [0.29, 0.717) is 11.5 Å². The second-order valence-corrected chi connectivity index (χ2v) is 5.46. The smallest absolute Gasteiger partial charge is 0.0490 e. The Balaban J connectivity index is 2.16. The SMILES string of the molecule is CC(CCC(C)(C)C)NCc1ccn[nH]1. The van der Waals surface area contributed by atoms with Crippen molar-refractivity contribution in [3.05, 3.63) is 18.0 Å². The molecular formula is C12H23N3. The molecule has 1 atom stereocenters. The number of nitrogens with zero attached hydrogens (tertiary/aromatic N) is 1. The number of nitrogens with one attached hydrogen (secondary N) is 2. The van der Waals surface area contributed by atoms with Crippen LogP contribution in [-0.4, -0.2) is 16.2 Å². The van der Waals surface area contributed by atoms with Gasteiger partial charge in [0.15, 0.2) is 0 Å². The van der Waals surface area contributed by atoms with Crippen LogP contribution in [0.25, 0.3) is 0 Å². The summed E-state index contributed by atoms with van der Waals surface area (Å²) in [6.07, 6.45) is 4.26. The molecule has 0 aliphatic carbocycles. The molecule has 0 aliphatic heterocycles. The van der Waals surface area contributed by atoms with E-state index < -0.39 is 0 Å². The van der Waals surface area contributed by atoms with E-state index in [9.17, 15) is 0 Å². The number of aromatic nitrogens is 2. The van der Waals surface area contributed by atoms with Gasteiger partial charge in [0, 0.05) is 24.5 Å². The molecule has 0 radical (unpaired) electrons. The lowest BCUT2D eigenvalue weighted by atomic mass is 9.89. The summed E-state index contributed by atoms with van der Waals surface area (Å²) in [6, 6.07) is 2.57. The second-order valence-electron chi connectivity index (χ2n) is 5.46. The van der Waals surface area contributed by atoms with Crippen LogP contribution in [0.5, 0.6) is 0 Å². The summed E-state index contributed by atoms with van der Waals surface area (Å²) in [7, 11) is 0. The van der Waals surface area contributed by atoms with Crippen molar-refractivity contribution in [1.82, 2.24) is 15.5 Å². The van der Waals surface area contributed by atoms with E-state index in [1.807, 2.05) is 6.07 Å².